The first kappa shape index (κ1) is 23.4. The van der Waals surface area contributed by atoms with Gasteiger partial charge < -0.3 is 15.0 Å². The van der Waals surface area contributed by atoms with Gasteiger partial charge in [0.2, 0.25) is 6.33 Å². The highest BCUT2D eigenvalue weighted by Gasteiger charge is 2.26. The fraction of sp³-hybridized carbons (Fsp3) is 0.500. The Morgan fingerprint density at radius 1 is 1.18 bits per heavy atom. The van der Waals surface area contributed by atoms with Crippen LogP contribution in [0, 0.1) is 16.0 Å². The van der Waals surface area contributed by atoms with E-state index in [0.717, 1.165) is 43.1 Å². The molecule has 0 radical (unpaired) electrons. The summed E-state index contributed by atoms with van der Waals surface area (Å²) in [7, 11) is 0. The van der Waals surface area contributed by atoms with Gasteiger partial charge in [0.15, 0.2) is 0 Å². The number of rotatable bonds is 5. The number of nitro groups is 1. The van der Waals surface area contributed by atoms with Gasteiger partial charge in [-0.1, -0.05) is 71.5 Å². The molecule has 1 aromatic carbocycles. The molecule has 1 aliphatic rings. The number of benzene rings is 1. The maximum absolute atomic E-state index is 11.0. The van der Waals surface area contributed by atoms with Gasteiger partial charge in [0.05, 0.1) is 0 Å². The Morgan fingerprint density at radius 2 is 1.75 bits per heavy atom. The lowest BCUT2D eigenvalue weighted by Crippen LogP contribution is -2.35. The third-order valence-corrected chi connectivity index (χ3v) is 4.69. The van der Waals surface area contributed by atoms with Gasteiger partial charge in [-0.3, -0.25) is 4.57 Å². The molecule has 0 spiro atoms. The van der Waals surface area contributed by atoms with E-state index >= 15 is 0 Å². The first-order chi connectivity index (χ1) is 13.6. The monoisotopic (exact) mass is 386 g/mol. The molecule has 6 nitrogen and oxygen atoms in total. The second-order valence-electron chi connectivity index (χ2n) is 6.41. The van der Waals surface area contributed by atoms with Crippen LogP contribution in [0.15, 0.2) is 55.1 Å². The van der Waals surface area contributed by atoms with Crippen molar-refractivity contribution >= 4 is 5.82 Å². The van der Waals surface area contributed by atoms with E-state index in [-0.39, 0.29) is 11.9 Å². The number of allylic oxidation sites excluding steroid dienone is 1. The lowest BCUT2D eigenvalue weighted by Gasteiger charge is -2.37. The van der Waals surface area contributed by atoms with E-state index in [1.54, 1.807) is 4.57 Å². The summed E-state index contributed by atoms with van der Waals surface area (Å²) in [4.78, 5) is 16.7. The lowest BCUT2D eigenvalue weighted by molar-refractivity contribution is -0.389. The molecule has 2 aromatic rings. The fourth-order valence-corrected chi connectivity index (χ4v) is 3.20. The Kier molecular flexibility index (Phi) is 9.99. The molecule has 1 unspecified atom stereocenters. The number of hydrogen-bond acceptors (Lipinski definition) is 4. The molecule has 0 saturated carbocycles. The number of piperidine rings is 1. The highest BCUT2D eigenvalue weighted by Crippen LogP contribution is 2.31. The molecule has 0 bridgehead atoms. The van der Waals surface area contributed by atoms with Gasteiger partial charge in [-0.15, -0.1) is 0 Å². The predicted molar refractivity (Wildman–Crippen MR) is 115 cm³/mol. The van der Waals surface area contributed by atoms with Crippen molar-refractivity contribution in [3.63, 3.8) is 0 Å². The Balaban J connectivity index is 0.000000921. The summed E-state index contributed by atoms with van der Waals surface area (Å²) in [5, 5.41) is 11.0. The van der Waals surface area contributed by atoms with Gasteiger partial charge in [-0.2, -0.15) is 0 Å². The molecule has 2 heterocycles. The molecule has 0 amide bonds. The quantitative estimate of drug-likeness (QED) is 0.490. The van der Waals surface area contributed by atoms with Gasteiger partial charge in [0.1, 0.15) is 12.2 Å². The zero-order chi connectivity index (χ0) is 21.1. The average Bonchev–Trinajstić information content (AvgIpc) is 3.22. The van der Waals surface area contributed by atoms with Gasteiger partial charge in [-0.05, 0) is 34.2 Å². The SMILES string of the molecule is C=C(C(c1ccccc1)n1cnc([N+](=O)[O-])c1)N1CCC(C)CC1.CC.CC. The maximum Gasteiger partial charge on any atom is 0.381 e. The Labute approximate surface area is 169 Å². The van der Waals surface area contributed by atoms with Gasteiger partial charge >= 0.3 is 5.82 Å². The normalized spacial score (nSPS) is 14.8. The fourth-order valence-electron chi connectivity index (χ4n) is 3.20. The zero-order valence-electron chi connectivity index (χ0n) is 17.8. The molecule has 1 saturated heterocycles. The number of hydrogen-bond donors (Lipinski definition) is 0. The lowest BCUT2D eigenvalue weighted by atomic mass is 9.96. The first-order valence-corrected chi connectivity index (χ1v) is 10.2. The van der Waals surface area contributed by atoms with Crippen LogP contribution in [0.1, 0.15) is 59.1 Å². The molecule has 1 fully saturated rings. The van der Waals surface area contributed by atoms with E-state index in [2.05, 4.69) is 23.4 Å². The molecule has 1 atom stereocenters. The summed E-state index contributed by atoms with van der Waals surface area (Å²) in [6, 6.07) is 9.77. The molecule has 6 heteroatoms. The minimum atomic E-state index is -0.468. The molecule has 1 aromatic heterocycles. The van der Waals surface area contributed by atoms with Crippen molar-refractivity contribution in [2.75, 3.05) is 13.1 Å². The second-order valence-corrected chi connectivity index (χ2v) is 6.41. The third-order valence-electron chi connectivity index (χ3n) is 4.69. The number of aromatic nitrogens is 2. The third kappa shape index (κ3) is 5.94. The van der Waals surface area contributed by atoms with Crippen molar-refractivity contribution in [3.05, 3.63) is 70.8 Å². The van der Waals surface area contributed by atoms with Crippen LogP contribution in [0.3, 0.4) is 0 Å². The van der Waals surface area contributed by atoms with E-state index in [1.165, 1.54) is 12.5 Å². The van der Waals surface area contributed by atoms with Crippen LogP contribution in [0.4, 0.5) is 5.82 Å². The van der Waals surface area contributed by atoms with Crippen molar-refractivity contribution in [1.29, 1.82) is 0 Å². The summed E-state index contributed by atoms with van der Waals surface area (Å²) in [5.74, 6) is 0.592. The van der Waals surface area contributed by atoms with Gasteiger partial charge in [0.25, 0.3) is 0 Å². The predicted octanol–water partition coefficient (Wildman–Crippen LogP) is 5.68. The van der Waals surface area contributed by atoms with Crippen LogP contribution in [0.2, 0.25) is 0 Å². The van der Waals surface area contributed by atoms with Crippen LogP contribution in [0.5, 0.6) is 0 Å². The van der Waals surface area contributed by atoms with E-state index < -0.39 is 4.92 Å². The van der Waals surface area contributed by atoms with E-state index in [1.807, 2.05) is 58.0 Å². The van der Waals surface area contributed by atoms with Crippen molar-refractivity contribution in [3.8, 4) is 0 Å². The molecule has 3 rings (SSSR count). The van der Waals surface area contributed by atoms with Crippen molar-refractivity contribution in [2.24, 2.45) is 5.92 Å². The smallest absolute Gasteiger partial charge is 0.373 e. The topological polar surface area (TPSA) is 64.2 Å². The molecular formula is C22H34N4O2. The summed E-state index contributed by atoms with van der Waals surface area (Å²) in [5.41, 5.74) is 2.01. The summed E-state index contributed by atoms with van der Waals surface area (Å²) >= 11 is 0. The highest BCUT2D eigenvalue weighted by atomic mass is 16.6. The summed E-state index contributed by atoms with van der Waals surface area (Å²) in [6.07, 6.45) is 5.29. The molecule has 0 N–H and O–H groups in total. The van der Waals surface area contributed by atoms with Crippen LogP contribution in [-0.4, -0.2) is 32.5 Å². The minimum Gasteiger partial charge on any atom is -0.373 e. The molecule has 28 heavy (non-hydrogen) atoms. The van der Waals surface area contributed by atoms with Gasteiger partial charge in [0, 0.05) is 18.8 Å². The van der Waals surface area contributed by atoms with Crippen molar-refractivity contribution in [1.82, 2.24) is 14.5 Å². The minimum absolute atomic E-state index is 0.143. The molecule has 1 aliphatic heterocycles. The molecule has 154 valence electrons. The Morgan fingerprint density at radius 3 is 2.25 bits per heavy atom. The highest BCUT2D eigenvalue weighted by molar-refractivity contribution is 5.29. The van der Waals surface area contributed by atoms with Crippen LogP contribution in [-0.2, 0) is 0 Å². The zero-order valence-corrected chi connectivity index (χ0v) is 17.8. The first-order valence-electron chi connectivity index (χ1n) is 10.2. The Hall–Kier alpha value is -2.63. The molecule has 0 aliphatic carbocycles. The van der Waals surface area contributed by atoms with E-state index in [4.69, 9.17) is 0 Å². The second kappa shape index (κ2) is 12.0. The van der Waals surface area contributed by atoms with Crippen LogP contribution < -0.4 is 0 Å². The number of nitrogens with zero attached hydrogens (tertiary/aromatic N) is 4. The standard InChI is InChI=1S/C18H22N4O2.2C2H6/c1-14-8-10-20(11-9-14)15(2)18(16-6-4-3-5-7-16)21-12-17(19-13-21)22(23)24;2*1-2/h3-7,12-14,18H,2,8-11H2,1H3;2*1-2H3. The maximum atomic E-state index is 11.0. The molecular weight excluding hydrogens is 352 g/mol. The van der Waals surface area contributed by atoms with Crippen molar-refractivity contribution in [2.45, 2.75) is 53.5 Å². The average molecular weight is 387 g/mol. The van der Waals surface area contributed by atoms with E-state index in [9.17, 15) is 10.1 Å². The van der Waals surface area contributed by atoms with Crippen LogP contribution >= 0.6 is 0 Å². The van der Waals surface area contributed by atoms with E-state index in [0.29, 0.717) is 0 Å². The summed E-state index contributed by atoms with van der Waals surface area (Å²) in [6.45, 7) is 16.5. The van der Waals surface area contributed by atoms with Crippen LogP contribution in [0.25, 0.3) is 0 Å². The largest absolute Gasteiger partial charge is 0.381 e. The summed E-state index contributed by atoms with van der Waals surface area (Å²) < 4.78 is 1.79. The number of imidazole rings is 1. The number of likely N-dealkylation sites (tertiary alicyclic amines) is 1. The van der Waals surface area contributed by atoms with Crippen molar-refractivity contribution < 1.29 is 4.92 Å². The van der Waals surface area contributed by atoms with Gasteiger partial charge in [-0.25, -0.2) is 0 Å². The Bertz CT molecular complexity index is 719.